The van der Waals surface area contributed by atoms with Crippen LogP contribution in [0, 0.1) is 6.92 Å². The van der Waals surface area contributed by atoms with Crippen LogP contribution in [0.15, 0.2) is 93.6 Å². The van der Waals surface area contributed by atoms with Crippen molar-refractivity contribution in [3.8, 4) is 5.75 Å². The fourth-order valence-corrected chi connectivity index (χ4v) is 2.96. The molecule has 0 bridgehead atoms. The topological polar surface area (TPSA) is 43.4 Å². The fourth-order valence-electron chi connectivity index (χ4n) is 2.43. The number of carbonyl (C=O) groups excluding carboxylic acids is 2. The fraction of sp³-hybridized carbons (Fsp3) is 0.0435. The number of ketones is 2. The van der Waals surface area contributed by atoms with Gasteiger partial charge < -0.3 is 4.74 Å². The Morgan fingerprint density at radius 1 is 0.750 bits per heavy atom. The molecule has 0 aliphatic carbocycles. The molecule has 0 saturated heterocycles. The van der Waals surface area contributed by atoms with E-state index in [1.54, 1.807) is 60.7 Å². The van der Waals surface area contributed by atoms with Crippen LogP contribution in [0.2, 0.25) is 0 Å². The third-order valence-corrected chi connectivity index (χ3v) is 5.03. The van der Waals surface area contributed by atoms with Crippen molar-refractivity contribution < 1.29 is 14.3 Å². The molecule has 0 spiro atoms. The van der Waals surface area contributed by atoms with Gasteiger partial charge in [0, 0.05) is 26.1 Å². The van der Waals surface area contributed by atoms with E-state index in [1.807, 2.05) is 19.1 Å². The molecule has 28 heavy (non-hydrogen) atoms. The summed E-state index contributed by atoms with van der Waals surface area (Å²) in [5.74, 6) is -0.205. The van der Waals surface area contributed by atoms with Gasteiger partial charge >= 0.3 is 0 Å². The number of aryl methyl sites for hydroxylation is 1. The quantitative estimate of drug-likeness (QED) is 0.219. The molecule has 3 nitrogen and oxygen atoms in total. The zero-order valence-corrected chi connectivity index (χ0v) is 18.2. The van der Waals surface area contributed by atoms with Gasteiger partial charge in [0.2, 0.25) is 5.78 Å². The minimum atomic E-state index is -0.362. The van der Waals surface area contributed by atoms with Crippen LogP contribution >= 0.6 is 31.9 Å². The highest BCUT2D eigenvalue weighted by Crippen LogP contribution is 2.20. The molecule has 0 fully saturated rings. The Morgan fingerprint density at radius 3 is 1.79 bits per heavy atom. The lowest BCUT2D eigenvalue weighted by Crippen LogP contribution is -2.12. The highest BCUT2D eigenvalue weighted by atomic mass is 79.9. The van der Waals surface area contributed by atoms with Gasteiger partial charge in [0.05, 0.1) is 0 Å². The van der Waals surface area contributed by atoms with E-state index in [9.17, 15) is 9.59 Å². The van der Waals surface area contributed by atoms with Crippen LogP contribution in [0.4, 0.5) is 0 Å². The van der Waals surface area contributed by atoms with Crippen LogP contribution in [-0.4, -0.2) is 11.6 Å². The van der Waals surface area contributed by atoms with Crippen molar-refractivity contribution in [1.29, 1.82) is 0 Å². The molecular weight excluding hydrogens is 484 g/mol. The molecule has 0 radical (unpaired) electrons. The van der Waals surface area contributed by atoms with Gasteiger partial charge in [-0.3, -0.25) is 9.59 Å². The largest absolute Gasteiger partial charge is 0.453 e. The summed E-state index contributed by atoms with van der Waals surface area (Å²) in [4.78, 5) is 25.6. The average molecular weight is 500 g/mol. The smallest absolute Gasteiger partial charge is 0.228 e. The molecule has 0 atom stereocenters. The van der Waals surface area contributed by atoms with Crippen LogP contribution in [0.1, 0.15) is 26.3 Å². The van der Waals surface area contributed by atoms with Gasteiger partial charge in [0.25, 0.3) is 0 Å². The third kappa shape index (κ3) is 5.27. The summed E-state index contributed by atoms with van der Waals surface area (Å²) in [5.41, 5.74) is 1.98. The van der Waals surface area contributed by atoms with Crippen LogP contribution in [-0.2, 0) is 0 Å². The predicted octanol–water partition coefficient (Wildman–Crippen LogP) is 6.55. The van der Waals surface area contributed by atoms with E-state index in [1.165, 1.54) is 6.08 Å². The number of benzene rings is 3. The second-order valence-electron chi connectivity index (χ2n) is 6.13. The van der Waals surface area contributed by atoms with E-state index >= 15 is 0 Å². The maximum absolute atomic E-state index is 13.0. The van der Waals surface area contributed by atoms with Gasteiger partial charge in [-0.2, -0.15) is 0 Å². The normalized spacial score (nSPS) is 11.2. The van der Waals surface area contributed by atoms with Crippen LogP contribution < -0.4 is 4.74 Å². The second-order valence-corrected chi connectivity index (χ2v) is 7.96. The van der Waals surface area contributed by atoms with Gasteiger partial charge in [-0.15, -0.1) is 0 Å². The zero-order valence-electron chi connectivity index (χ0n) is 15.0. The lowest BCUT2D eigenvalue weighted by Gasteiger charge is -2.10. The first kappa shape index (κ1) is 20.2. The van der Waals surface area contributed by atoms with Gasteiger partial charge in [-0.25, -0.2) is 0 Å². The summed E-state index contributed by atoms with van der Waals surface area (Å²) in [7, 11) is 0. The minimum Gasteiger partial charge on any atom is -0.453 e. The van der Waals surface area contributed by atoms with Crippen molar-refractivity contribution in [2.24, 2.45) is 0 Å². The molecule has 140 valence electrons. The zero-order chi connectivity index (χ0) is 20.1. The molecular formula is C23H16Br2O3. The molecule has 0 amide bonds. The van der Waals surface area contributed by atoms with E-state index < -0.39 is 0 Å². The average Bonchev–Trinajstić information content (AvgIpc) is 2.69. The van der Waals surface area contributed by atoms with Gasteiger partial charge in [0.1, 0.15) is 5.75 Å². The summed E-state index contributed by atoms with van der Waals surface area (Å²) in [6.45, 7) is 1.96. The number of rotatable bonds is 6. The highest BCUT2D eigenvalue weighted by Gasteiger charge is 2.17. The van der Waals surface area contributed by atoms with Gasteiger partial charge in [-0.1, -0.05) is 49.6 Å². The highest BCUT2D eigenvalue weighted by molar-refractivity contribution is 9.10. The van der Waals surface area contributed by atoms with Crippen LogP contribution in [0.25, 0.3) is 0 Å². The number of hydrogen-bond donors (Lipinski definition) is 0. The van der Waals surface area contributed by atoms with Gasteiger partial charge in [0.15, 0.2) is 11.5 Å². The molecule has 3 aromatic rings. The Balaban J connectivity index is 1.96. The summed E-state index contributed by atoms with van der Waals surface area (Å²) >= 11 is 6.70. The summed E-state index contributed by atoms with van der Waals surface area (Å²) in [6, 6.07) is 21.1. The monoisotopic (exact) mass is 498 g/mol. The Labute approximate surface area is 180 Å². The number of halogens is 2. The number of carbonyl (C=O) groups is 2. The van der Waals surface area contributed by atoms with Crippen molar-refractivity contribution in [2.75, 3.05) is 0 Å². The van der Waals surface area contributed by atoms with E-state index in [2.05, 4.69) is 31.9 Å². The van der Waals surface area contributed by atoms with Crippen molar-refractivity contribution in [2.45, 2.75) is 6.92 Å². The number of ether oxygens (including phenoxy) is 1. The third-order valence-electron chi connectivity index (χ3n) is 3.97. The number of allylic oxidation sites excluding steroid dienone is 2. The molecule has 5 heteroatoms. The second kappa shape index (κ2) is 9.13. The lowest BCUT2D eigenvalue weighted by molar-refractivity contribution is 0.0968. The summed E-state index contributed by atoms with van der Waals surface area (Å²) < 4.78 is 7.53. The molecule has 0 heterocycles. The maximum Gasteiger partial charge on any atom is 0.228 e. The lowest BCUT2D eigenvalue weighted by atomic mass is 10.1. The van der Waals surface area contributed by atoms with Crippen molar-refractivity contribution in [1.82, 2.24) is 0 Å². The Bertz CT molecular complexity index is 1020. The summed E-state index contributed by atoms with van der Waals surface area (Å²) in [5, 5.41) is 0. The minimum absolute atomic E-state index is 0.0286. The first-order chi connectivity index (χ1) is 13.4. The maximum atomic E-state index is 13.0. The molecule has 0 saturated carbocycles. The van der Waals surface area contributed by atoms with Crippen LogP contribution in [0.5, 0.6) is 5.75 Å². The molecule has 0 unspecified atom stereocenters. The van der Waals surface area contributed by atoms with Crippen molar-refractivity contribution in [3.63, 3.8) is 0 Å². The molecule has 3 rings (SSSR count). The Morgan fingerprint density at radius 2 is 1.25 bits per heavy atom. The van der Waals surface area contributed by atoms with Crippen molar-refractivity contribution >= 4 is 43.4 Å². The predicted molar refractivity (Wildman–Crippen MR) is 117 cm³/mol. The number of hydrogen-bond acceptors (Lipinski definition) is 3. The first-order valence-corrected chi connectivity index (χ1v) is 10.1. The number of Topliss-reactive ketones (excluding diaryl/α,β-unsaturated/α-hetero) is 1. The van der Waals surface area contributed by atoms with Crippen molar-refractivity contribution in [3.05, 3.63) is 110 Å². The molecule has 0 aliphatic heterocycles. The molecule has 3 aromatic carbocycles. The molecule has 0 N–H and O–H groups in total. The molecule has 0 aliphatic rings. The Hall–Kier alpha value is -2.50. The van der Waals surface area contributed by atoms with E-state index in [-0.39, 0.29) is 17.3 Å². The van der Waals surface area contributed by atoms with Gasteiger partial charge in [-0.05, 0) is 67.6 Å². The standard InChI is InChI=1S/C23H16Br2O3/c1-15-2-12-20(13-3-15)28-22(23(27)17-6-10-19(25)11-7-17)14-21(26)16-4-8-18(24)9-5-16/h2-14H,1H3. The SMILES string of the molecule is Cc1ccc(OC(=CC(=O)c2ccc(Br)cc2)C(=O)c2ccc(Br)cc2)cc1. The summed E-state index contributed by atoms with van der Waals surface area (Å²) in [6.07, 6.45) is 1.24. The van der Waals surface area contributed by atoms with Crippen LogP contribution in [0.3, 0.4) is 0 Å². The van der Waals surface area contributed by atoms with E-state index in [0.717, 1.165) is 14.5 Å². The Kier molecular flexibility index (Phi) is 6.60. The molecule has 0 aromatic heterocycles. The first-order valence-electron chi connectivity index (χ1n) is 8.49. The van der Waals surface area contributed by atoms with E-state index in [4.69, 9.17) is 4.74 Å². The van der Waals surface area contributed by atoms with E-state index in [0.29, 0.717) is 16.9 Å².